The van der Waals surface area contributed by atoms with E-state index in [4.69, 9.17) is 10.2 Å². The van der Waals surface area contributed by atoms with Gasteiger partial charge in [-0.25, -0.2) is 0 Å². The number of nitrogens with zero attached hydrogens (tertiary/aromatic N) is 2. The second kappa shape index (κ2) is 7.71. The van der Waals surface area contributed by atoms with Gasteiger partial charge in [-0.2, -0.15) is 0 Å². The molecule has 1 aliphatic heterocycles. The minimum Gasteiger partial charge on any atom is -0.459 e. The Morgan fingerprint density at radius 1 is 1.23 bits per heavy atom. The molecule has 3 amide bonds. The van der Waals surface area contributed by atoms with Crippen LogP contribution in [0.25, 0.3) is 0 Å². The molecule has 1 aliphatic rings. The molecular formula is C17H20N4O4S. The monoisotopic (exact) mass is 376 g/mol. The summed E-state index contributed by atoms with van der Waals surface area (Å²) in [5.74, 6) is -0.600. The lowest BCUT2D eigenvalue weighted by Gasteiger charge is -2.37. The molecule has 3 heterocycles. The van der Waals surface area contributed by atoms with Crippen LogP contribution < -0.4 is 11.1 Å². The Labute approximate surface area is 154 Å². The SMILES string of the molecule is C[C@H](C(=O)Nc1sccc1C(N)=O)N1CCN(C(=O)c2ccco2)CC1. The molecule has 0 bridgehead atoms. The number of anilines is 1. The number of hydrogen-bond acceptors (Lipinski definition) is 6. The summed E-state index contributed by atoms with van der Waals surface area (Å²) < 4.78 is 5.14. The van der Waals surface area contributed by atoms with Crippen molar-refractivity contribution in [2.75, 3.05) is 31.5 Å². The summed E-state index contributed by atoms with van der Waals surface area (Å²) in [7, 11) is 0. The van der Waals surface area contributed by atoms with Gasteiger partial charge in [0.2, 0.25) is 5.91 Å². The van der Waals surface area contributed by atoms with Crippen LogP contribution in [0.2, 0.25) is 0 Å². The fourth-order valence-electron chi connectivity index (χ4n) is 2.85. The lowest BCUT2D eigenvalue weighted by molar-refractivity contribution is -0.121. The first-order chi connectivity index (χ1) is 12.5. The van der Waals surface area contributed by atoms with Gasteiger partial charge in [0.1, 0.15) is 5.00 Å². The Bertz CT molecular complexity index is 794. The number of carbonyl (C=O) groups excluding carboxylic acids is 3. The lowest BCUT2D eigenvalue weighted by atomic mass is 10.2. The van der Waals surface area contributed by atoms with E-state index in [0.717, 1.165) is 0 Å². The smallest absolute Gasteiger partial charge is 0.289 e. The molecule has 138 valence electrons. The van der Waals surface area contributed by atoms with E-state index in [0.29, 0.717) is 42.5 Å². The van der Waals surface area contributed by atoms with Crippen LogP contribution in [0, 0.1) is 0 Å². The summed E-state index contributed by atoms with van der Waals surface area (Å²) in [6.07, 6.45) is 1.47. The molecule has 3 rings (SSSR count). The number of nitrogens with two attached hydrogens (primary N) is 1. The van der Waals surface area contributed by atoms with Crippen molar-refractivity contribution in [1.29, 1.82) is 0 Å². The Balaban J connectivity index is 1.55. The Kier molecular flexibility index (Phi) is 5.38. The van der Waals surface area contributed by atoms with Crippen LogP contribution in [-0.4, -0.2) is 59.7 Å². The third kappa shape index (κ3) is 3.78. The van der Waals surface area contributed by atoms with Gasteiger partial charge in [0, 0.05) is 26.2 Å². The number of thiophene rings is 1. The number of hydrogen-bond donors (Lipinski definition) is 2. The Morgan fingerprint density at radius 3 is 2.58 bits per heavy atom. The average Bonchev–Trinajstić information content (AvgIpc) is 3.32. The van der Waals surface area contributed by atoms with Crippen molar-refractivity contribution < 1.29 is 18.8 Å². The molecule has 0 unspecified atom stereocenters. The van der Waals surface area contributed by atoms with Gasteiger partial charge < -0.3 is 20.4 Å². The van der Waals surface area contributed by atoms with E-state index in [9.17, 15) is 14.4 Å². The average molecular weight is 376 g/mol. The summed E-state index contributed by atoms with van der Waals surface area (Å²) in [4.78, 5) is 39.8. The second-order valence-corrected chi connectivity index (χ2v) is 6.91. The normalized spacial score (nSPS) is 16.3. The van der Waals surface area contributed by atoms with Gasteiger partial charge in [-0.15, -0.1) is 11.3 Å². The van der Waals surface area contributed by atoms with Gasteiger partial charge in [-0.3, -0.25) is 19.3 Å². The summed E-state index contributed by atoms with van der Waals surface area (Å²) in [5, 5.41) is 4.93. The Morgan fingerprint density at radius 2 is 1.96 bits per heavy atom. The van der Waals surface area contributed by atoms with Crippen molar-refractivity contribution in [3.8, 4) is 0 Å². The standard InChI is InChI=1S/C17H20N4O4S/c1-11(15(23)19-16-12(14(18)22)4-10-26-16)20-5-7-21(8-6-20)17(24)13-3-2-9-25-13/h2-4,9-11H,5-8H2,1H3,(H2,18,22)(H,19,23)/t11-/m1/s1. The first-order valence-corrected chi connectivity index (χ1v) is 9.10. The summed E-state index contributed by atoms with van der Waals surface area (Å²) in [6, 6.07) is 4.52. The minimum atomic E-state index is -0.570. The first kappa shape index (κ1) is 18.2. The molecule has 1 saturated heterocycles. The van der Waals surface area contributed by atoms with E-state index in [1.807, 2.05) is 4.90 Å². The van der Waals surface area contributed by atoms with E-state index in [1.165, 1.54) is 17.6 Å². The van der Waals surface area contributed by atoms with Gasteiger partial charge in [0.15, 0.2) is 5.76 Å². The zero-order chi connectivity index (χ0) is 18.7. The van der Waals surface area contributed by atoms with Gasteiger partial charge in [0.05, 0.1) is 17.9 Å². The van der Waals surface area contributed by atoms with Crippen LogP contribution in [0.1, 0.15) is 27.8 Å². The van der Waals surface area contributed by atoms with Crippen LogP contribution in [-0.2, 0) is 4.79 Å². The highest BCUT2D eigenvalue weighted by atomic mass is 32.1. The van der Waals surface area contributed by atoms with E-state index >= 15 is 0 Å². The van der Waals surface area contributed by atoms with Crippen molar-refractivity contribution in [3.63, 3.8) is 0 Å². The molecule has 0 aliphatic carbocycles. The maximum absolute atomic E-state index is 12.5. The van der Waals surface area contributed by atoms with E-state index < -0.39 is 11.9 Å². The molecule has 1 fully saturated rings. The topological polar surface area (TPSA) is 109 Å². The minimum absolute atomic E-state index is 0.142. The molecule has 0 spiro atoms. The molecule has 0 aromatic carbocycles. The molecule has 3 N–H and O–H groups in total. The van der Waals surface area contributed by atoms with Crippen LogP contribution >= 0.6 is 11.3 Å². The summed E-state index contributed by atoms with van der Waals surface area (Å²) in [5.41, 5.74) is 5.61. The van der Waals surface area contributed by atoms with Gasteiger partial charge in [0.25, 0.3) is 11.8 Å². The number of primary amides is 1. The van der Waals surface area contributed by atoms with Crippen molar-refractivity contribution >= 4 is 34.1 Å². The van der Waals surface area contributed by atoms with Gasteiger partial charge in [-0.1, -0.05) is 0 Å². The molecule has 8 nitrogen and oxygen atoms in total. The number of amides is 3. The molecule has 1 atom stereocenters. The quantitative estimate of drug-likeness (QED) is 0.816. The van der Waals surface area contributed by atoms with E-state index in [1.54, 1.807) is 35.4 Å². The number of piperazine rings is 1. The molecule has 9 heteroatoms. The van der Waals surface area contributed by atoms with Gasteiger partial charge in [-0.05, 0) is 30.5 Å². The summed E-state index contributed by atoms with van der Waals surface area (Å²) in [6.45, 7) is 3.99. The predicted octanol–water partition coefficient (Wildman–Crippen LogP) is 1.22. The molecule has 0 radical (unpaired) electrons. The maximum Gasteiger partial charge on any atom is 0.289 e. The number of nitrogens with one attached hydrogen (secondary N) is 1. The molecular weight excluding hydrogens is 356 g/mol. The fourth-order valence-corrected chi connectivity index (χ4v) is 3.65. The highest BCUT2D eigenvalue weighted by Crippen LogP contribution is 2.23. The van der Waals surface area contributed by atoms with Crippen LogP contribution in [0.15, 0.2) is 34.3 Å². The van der Waals surface area contributed by atoms with Crippen molar-refractivity contribution in [2.45, 2.75) is 13.0 Å². The predicted molar refractivity (Wildman–Crippen MR) is 97.1 cm³/mol. The number of furan rings is 1. The highest BCUT2D eigenvalue weighted by molar-refractivity contribution is 7.14. The van der Waals surface area contributed by atoms with E-state index in [-0.39, 0.29) is 11.8 Å². The van der Waals surface area contributed by atoms with Crippen molar-refractivity contribution in [1.82, 2.24) is 9.80 Å². The van der Waals surface area contributed by atoms with Crippen LogP contribution in [0.3, 0.4) is 0 Å². The lowest BCUT2D eigenvalue weighted by Crippen LogP contribution is -2.54. The highest BCUT2D eigenvalue weighted by Gasteiger charge is 2.29. The molecule has 0 saturated carbocycles. The van der Waals surface area contributed by atoms with Crippen molar-refractivity contribution in [3.05, 3.63) is 41.2 Å². The second-order valence-electron chi connectivity index (χ2n) is 6.00. The zero-order valence-corrected chi connectivity index (χ0v) is 15.1. The number of rotatable bonds is 5. The largest absolute Gasteiger partial charge is 0.459 e. The number of carbonyl (C=O) groups is 3. The fraction of sp³-hybridized carbons (Fsp3) is 0.353. The van der Waals surface area contributed by atoms with E-state index in [2.05, 4.69) is 5.32 Å². The first-order valence-electron chi connectivity index (χ1n) is 8.22. The third-order valence-corrected chi connectivity index (χ3v) is 5.26. The van der Waals surface area contributed by atoms with Crippen LogP contribution in [0.4, 0.5) is 5.00 Å². The zero-order valence-electron chi connectivity index (χ0n) is 14.3. The molecule has 2 aromatic rings. The Hall–Kier alpha value is -2.65. The van der Waals surface area contributed by atoms with Crippen molar-refractivity contribution in [2.24, 2.45) is 5.73 Å². The van der Waals surface area contributed by atoms with Gasteiger partial charge >= 0.3 is 0 Å². The molecule has 26 heavy (non-hydrogen) atoms. The molecule has 2 aromatic heterocycles. The van der Waals surface area contributed by atoms with Crippen LogP contribution in [0.5, 0.6) is 0 Å². The summed E-state index contributed by atoms with van der Waals surface area (Å²) >= 11 is 1.26. The maximum atomic E-state index is 12.5. The third-order valence-electron chi connectivity index (χ3n) is 4.43.